The minimum Gasteiger partial charge on any atom is -0.294 e. The maximum atomic E-state index is 10.8. The van der Waals surface area contributed by atoms with E-state index in [9.17, 15) is 9.59 Å². The Balaban J connectivity index is 3.05. The van der Waals surface area contributed by atoms with E-state index < -0.39 is 5.78 Å². The van der Waals surface area contributed by atoms with Crippen LogP contribution in [0.4, 0.5) is 0 Å². The van der Waals surface area contributed by atoms with Crippen LogP contribution >= 0.6 is 15.9 Å². The van der Waals surface area contributed by atoms with Crippen molar-refractivity contribution in [3.8, 4) is 0 Å². The van der Waals surface area contributed by atoms with E-state index in [2.05, 4.69) is 15.9 Å². The van der Waals surface area contributed by atoms with Gasteiger partial charge in [0, 0.05) is 10.0 Å². The zero-order valence-corrected chi connectivity index (χ0v) is 7.17. The molecule has 56 valence electrons. The molecule has 0 aliphatic heterocycles. The molecule has 0 bridgehead atoms. The van der Waals surface area contributed by atoms with Gasteiger partial charge in [-0.25, -0.2) is 0 Å². The molecule has 0 amide bonds. The fourth-order valence-electron chi connectivity index (χ4n) is 0.710. The topological polar surface area (TPSA) is 34.1 Å². The molecule has 0 N–H and O–H groups in total. The lowest BCUT2D eigenvalue weighted by atomic mass is 10.1. The molecule has 1 rings (SSSR count). The van der Waals surface area contributed by atoms with Crippen molar-refractivity contribution in [1.82, 2.24) is 0 Å². The van der Waals surface area contributed by atoms with Crippen LogP contribution in [0.25, 0.3) is 0 Å². The molecule has 1 aromatic carbocycles. The van der Waals surface area contributed by atoms with E-state index in [-0.39, 0.29) is 0 Å². The van der Waals surface area contributed by atoms with Gasteiger partial charge in [-0.3, -0.25) is 9.59 Å². The standard InChI is InChI=1S/C8H5BrO2/c9-7-3-1-2-6(4-7)8(11)5-10/h1-5H. The number of ketones is 1. The second kappa shape index (κ2) is 3.44. The molecule has 2 nitrogen and oxygen atoms in total. The summed E-state index contributed by atoms with van der Waals surface area (Å²) in [6, 6.07) is 6.71. The molecule has 0 aromatic heterocycles. The molecule has 0 heterocycles. The van der Waals surface area contributed by atoms with Gasteiger partial charge in [-0.1, -0.05) is 28.1 Å². The summed E-state index contributed by atoms with van der Waals surface area (Å²) in [5.74, 6) is -0.494. The number of rotatable bonds is 2. The average Bonchev–Trinajstić information content (AvgIpc) is 2.03. The van der Waals surface area contributed by atoms with Crippen molar-refractivity contribution >= 4 is 28.0 Å². The Hall–Kier alpha value is -0.960. The highest BCUT2D eigenvalue weighted by molar-refractivity contribution is 9.10. The summed E-state index contributed by atoms with van der Waals surface area (Å²) in [7, 11) is 0. The second-order valence-electron chi connectivity index (χ2n) is 1.99. The molecule has 0 saturated heterocycles. The molecule has 3 heteroatoms. The van der Waals surface area contributed by atoms with E-state index in [1.165, 1.54) is 0 Å². The van der Waals surface area contributed by atoms with Crippen molar-refractivity contribution in [2.45, 2.75) is 0 Å². The van der Waals surface area contributed by atoms with Crippen molar-refractivity contribution in [3.05, 3.63) is 34.3 Å². The fraction of sp³-hybridized carbons (Fsp3) is 0. The van der Waals surface area contributed by atoms with Gasteiger partial charge in [-0.2, -0.15) is 0 Å². The first-order valence-electron chi connectivity index (χ1n) is 2.99. The highest BCUT2D eigenvalue weighted by Crippen LogP contribution is 2.11. The Morgan fingerprint density at radius 2 is 2.18 bits per heavy atom. The number of aldehydes is 1. The van der Waals surface area contributed by atoms with Gasteiger partial charge in [0.1, 0.15) is 0 Å². The first kappa shape index (κ1) is 8.14. The minimum atomic E-state index is -0.494. The number of Topliss-reactive ketones (excluding diaryl/α,β-unsaturated/α-hetero) is 1. The Labute approximate surface area is 72.4 Å². The molecule has 0 unspecified atom stereocenters. The van der Waals surface area contributed by atoms with Crippen LogP contribution in [0.5, 0.6) is 0 Å². The predicted molar refractivity (Wildman–Crippen MR) is 44.5 cm³/mol. The van der Waals surface area contributed by atoms with Crippen LogP contribution in [0.1, 0.15) is 10.4 Å². The van der Waals surface area contributed by atoms with Crippen LogP contribution < -0.4 is 0 Å². The Morgan fingerprint density at radius 1 is 1.45 bits per heavy atom. The van der Waals surface area contributed by atoms with Crippen LogP contribution in [0.15, 0.2) is 28.7 Å². The molecule has 0 fully saturated rings. The lowest BCUT2D eigenvalue weighted by molar-refractivity contribution is -0.104. The minimum absolute atomic E-state index is 0.307. The van der Waals surface area contributed by atoms with E-state index in [4.69, 9.17) is 0 Å². The normalized spacial score (nSPS) is 9.18. The van der Waals surface area contributed by atoms with Crippen LogP contribution in [0.2, 0.25) is 0 Å². The molecule has 11 heavy (non-hydrogen) atoms. The Morgan fingerprint density at radius 3 is 2.73 bits per heavy atom. The van der Waals surface area contributed by atoms with Crippen LogP contribution in [-0.4, -0.2) is 12.1 Å². The highest BCUT2D eigenvalue weighted by Gasteiger charge is 2.02. The van der Waals surface area contributed by atoms with Gasteiger partial charge in [0.25, 0.3) is 0 Å². The maximum absolute atomic E-state index is 10.8. The van der Waals surface area contributed by atoms with E-state index in [0.29, 0.717) is 11.8 Å². The molecule has 0 aliphatic rings. The van der Waals surface area contributed by atoms with Crippen LogP contribution in [0, 0.1) is 0 Å². The quantitative estimate of drug-likeness (QED) is 0.426. The number of benzene rings is 1. The summed E-state index contributed by atoms with van der Waals surface area (Å²) in [5, 5.41) is 0. The summed E-state index contributed by atoms with van der Waals surface area (Å²) in [6.45, 7) is 0. The summed E-state index contributed by atoms with van der Waals surface area (Å²) >= 11 is 3.19. The maximum Gasteiger partial charge on any atom is 0.225 e. The number of halogens is 1. The van der Waals surface area contributed by atoms with Crippen molar-refractivity contribution in [3.63, 3.8) is 0 Å². The second-order valence-corrected chi connectivity index (χ2v) is 2.91. The first-order chi connectivity index (χ1) is 5.24. The molecule has 0 aliphatic carbocycles. The smallest absolute Gasteiger partial charge is 0.225 e. The summed E-state index contributed by atoms with van der Waals surface area (Å²) < 4.78 is 0.796. The van der Waals surface area contributed by atoms with Crippen molar-refractivity contribution in [1.29, 1.82) is 0 Å². The van der Waals surface area contributed by atoms with E-state index in [1.54, 1.807) is 24.3 Å². The molecular formula is C8H5BrO2. The van der Waals surface area contributed by atoms with Gasteiger partial charge >= 0.3 is 0 Å². The molecule has 0 saturated carbocycles. The highest BCUT2D eigenvalue weighted by atomic mass is 79.9. The average molecular weight is 213 g/mol. The Bertz CT molecular complexity index is 294. The van der Waals surface area contributed by atoms with Crippen LogP contribution in [0.3, 0.4) is 0 Å². The third-order valence-corrected chi connectivity index (χ3v) is 1.71. The predicted octanol–water partition coefficient (Wildman–Crippen LogP) is 1.83. The number of carbonyl (C=O) groups is 2. The van der Waals surface area contributed by atoms with Crippen LogP contribution in [-0.2, 0) is 4.79 Å². The molecule has 0 spiro atoms. The fourth-order valence-corrected chi connectivity index (χ4v) is 1.11. The number of hydrogen-bond acceptors (Lipinski definition) is 2. The van der Waals surface area contributed by atoms with E-state index in [0.717, 1.165) is 4.47 Å². The zero-order valence-electron chi connectivity index (χ0n) is 5.58. The molecule has 1 aromatic rings. The van der Waals surface area contributed by atoms with Gasteiger partial charge in [0.15, 0.2) is 6.29 Å². The first-order valence-corrected chi connectivity index (χ1v) is 3.78. The number of carbonyl (C=O) groups excluding carboxylic acids is 2. The van der Waals surface area contributed by atoms with Crippen molar-refractivity contribution in [2.24, 2.45) is 0 Å². The molecule has 0 atom stereocenters. The lowest BCUT2D eigenvalue weighted by Gasteiger charge is -1.92. The van der Waals surface area contributed by atoms with E-state index in [1.807, 2.05) is 0 Å². The largest absolute Gasteiger partial charge is 0.294 e. The van der Waals surface area contributed by atoms with Crippen molar-refractivity contribution < 1.29 is 9.59 Å². The Kier molecular flexibility index (Phi) is 2.54. The van der Waals surface area contributed by atoms with Gasteiger partial charge in [0.2, 0.25) is 5.78 Å². The summed E-state index contributed by atoms with van der Waals surface area (Å²) in [6.07, 6.45) is 0.307. The SMILES string of the molecule is O=CC(=O)c1cccc(Br)c1. The van der Waals surface area contributed by atoms with Gasteiger partial charge in [0.05, 0.1) is 0 Å². The van der Waals surface area contributed by atoms with Gasteiger partial charge in [-0.15, -0.1) is 0 Å². The lowest BCUT2D eigenvalue weighted by Crippen LogP contribution is -1.98. The van der Waals surface area contributed by atoms with Gasteiger partial charge < -0.3 is 0 Å². The zero-order chi connectivity index (χ0) is 8.27. The monoisotopic (exact) mass is 212 g/mol. The van der Waals surface area contributed by atoms with Crippen molar-refractivity contribution in [2.75, 3.05) is 0 Å². The number of hydrogen-bond donors (Lipinski definition) is 0. The summed E-state index contributed by atoms with van der Waals surface area (Å²) in [4.78, 5) is 20.8. The summed E-state index contributed by atoms with van der Waals surface area (Å²) in [5.41, 5.74) is 0.411. The molecular weight excluding hydrogens is 208 g/mol. The third-order valence-electron chi connectivity index (χ3n) is 1.22. The van der Waals surface area contributed by atoms with E-state index >= 15 is 0 Å². The van der Waals surface area contributed by atoms with Gasteiger partial charge in [-0.05, 0) is 12.1 Å². The third kappa shape index (κ3) is 1.98. The molecule has 0 radical (unpaired) electrons.